The third-order valence-electron chi connectivity index (χ3n) is 2.59. The minimum atomic E-state index is -0.897. The van der Waals surface area contributed by atoms with E-state index < -0.39 is 5.60 Å². The minimum Gasteiger partial charge on any atom is -0.495 e. The maximum Gasteiger partial charge on any atom is 0.139 e. The lowest BCUT2D eigenvalue weighted by Crippen LogP contribution is -2.17. The summed E-state index contributed by atoms with van der Waals surface area (Å²) in [5.74, 6) is 0.714. The molecular formula is C12H17BrO2. The number of hydrogen-bond donors (Lipinski definition) is 1. The summed E-state index contributed by atoms with van der Waals surface area (Å²) in [6, 6.07) is 1.97. The van der Waals surface area contributed by atoms with Crippen molar-refractivity contribution < 1.29 is 9.84 Å². The minimum absolute atomic E-state index is 0.714. The first kappa shape index (κ1) is 12.5. The fourth-order valence-electron chi connectivity index (χ4n) is 1.51. The highest BCUT2D eigenvalue weighted by atomic mass is 79.9. The van der Waals surface area contributed by atoms with Gasteiger partial charge in [-0.05, 0) is 60.8 Å². The smallest absolute Gasteiger partial charge is 0.139 e. The molecule has 0 aliphatic heterocycles. The van der Waals surface area contributed by atoms with Crippen LogP contribution in [0, 0.1) is 13.8 Å². The molecule has 0 unspecified atom stereocenters. The van der Waals surface area contributed by atoms with E-state index in [4.69, 9.17) is 4.74 Å². The first-order chi connectivity index (χ1) is 6.79. The van der Waals surface area contributed by atoms with Crippen molar-refractivity contribution in [2.24, 2.45) is 0 Å². The van der Waals surface area contributed by atoms with Gasteiger partial charge in [0, 0.05) is 5.56 Å². The number of methoxy groups -OCH3 is 1. The standard InChI is InChI=1S/C12H17BrO2/c1-7-6-9(12(3,4)14)11(15-5)10(13)8(7)2/h6,14H,1-5H3. The SMILES string of the molecule is COc1c(C(C)(C)O)cc(C)c(C)c1Br. The molecule has 0 aliphatic rings. The van der Waals surface area contributed by atoms with Crippen LogP contribution < -0.4 is 4.74 Å². The van der Waals surface area contributed by atoms with Gasteiger partial charge in [0.2, 0.25) is 0 Å². The molecule has 0 aliphatic carbocycles. The normalized spacial score (nSPS) is 11.7. The van der Waals surface area contributed by atoms with E-state index in [1.165, 1.54) is 0 Å². The van der Waals surface area contributed by atoms with Crippen LogP contribution in [0.3, 0.4) is 0 Å². The molecule has 1 N–H and O–H groups in total. The lowest BCUT2D eigenvalue weighted by Gasteiger charge is -2.23. The molecule has 0 amide bonds. The number of halogens is 1. The fourth-order valence-corrected chi connectivity index (χ4v) is 2.19. The number of aryl methyl sites for hydroxylation is 1. The van der Waals surface area contributed by atoms with E-state index in [0.717, 1.165) is 21.2 Å². The fraction of sp³-hybridized carbons (Fsp3) is 0.500. The quantitative estimate of drug-likeness (QED) is 0.895. The molecule has 0 saturated carbocycles. The van der Waals surface area contributed by atoms with Gasteiger partial charge < -0.3 is 9.84 Å². The molecule has 0 heterocycles. The van der Waals surface area contributed by atoms with Crippen molar-refractivity contribution in [1.29, 1.82) is 0 Å². The van der Waals surface area contributed by atoms with Gasteiger partial charge in [-0.3, -0.25) is 0 Å². The molecule has 1 aromatic carbocycles. The van der Waals surface area contributed by atoms with Crippen molar-refractivity contribution >= 4 is 15.9 Å². The third kappa shape index (κ3) is 2.34. The van der Waals surface area contributed by atoms with Crippen LogP contribution in [0.4, 0.5) is 0 Å². The lowest BCUT2D eigenvalue weighted by molar-refractivity contribution is 0.0754. The zero-order valence-electron chi connectivity index (χ0n) is 9.81. The van der Waals surface area contributed by atoms with Crippen LogP contribution >= 0.6 is 15.9 Å². The van der Waals surface area contributed by atoms with Crippen molar-refractivity contribution in [3.8, 4) is 5.75 Å². The topological polar surface area (TPSA) is 29.5 Å². The molecule has 0 saturated heterocycles. The number of aliphatic hydroxyl groups is 1. The van der Waals surface area contributed by atoms with E-state index in [0.29, 0.717) is 5.75 Å². The average Bonchev–Trinajstić information content (AvgIpc) is 2.12. The van der Waals surface area contributed by atoms with Gasteiger partial charge in [-0.2, -0.15) is 0 Å². The van der Waals surface area contributed by atoms with E-state index in [1.807, 2.05) is 19.9 Å². The molecule has 0 radical (unpaired) electrons. The predicted octanol–water partition coefficient (Wildman–Crippen LogP) is 3.30. The molecule has 0 atom stereocenters. The van der Waals surface area contributed by atoms with Crippen molar-refractivity contribution in [2.45, 2.75) is 33.3 Å². The molecule has 0 fully saturated rings. The second kappa shape index (κ2) is 4.14. The maximum absolute atomic E-state index is 10.0. The van der Waals surface area contributed by atoms with E-state index in [2.05, 4.69) is 15.9 Å². The Labute approximate surface area is 99.4 Å². The Morgan fingerprint density at radius 3 is 2.27 bits per heavy atom. The van der Waals surface area contributed by atoms with E-state index >= 15 is 0 Å². The van der Waals surface area contributed by atoms with Gasteiger partial charge in [0.05, 0.1) is 17.2 Å². The molecule has 84 valence electrons. The molecule has 15 heavy (non-hydrogen) atoms. The highest BCUT2D eigenvalue weighted by Gasteiger charge is 2.24. The molecule has 0 bridgehead atoms. The highest BCUT2D eigenvalue weighted by molar-refractivity contribution is 9.10. The van der Waals surface area contributed by atoms with Gasteiger partial charge in [0.15, 0.2) is 0 Å². The molecule has 1 rings (SSSR count). The molecule has 0 spiro atoms. The second-order valence-electron chi connectivity index (χ2n) is 4.27. The summed E-state index contributed by atoms with van der Waals surface area (Å²) in [5.41, 5.74) is 2.19. The van der Waals surface area contributed by atoms with Crippen LogP contribution in [-0.4, -0.2) is 12.2 Å². The van der Waals surface area contributed by atoms with Gasteiger partial charge in [0.25, 0.3) is 0 Å². The Balaban J connectivity index is 3.53. The van der Waals surface area contributed by atoms with Crippen LogP contribution in [0.25, 0.3) is 0 Å². The highest BCUT2D eigenvalue weighted by Crippen LogP contribution is 2.39. The Hall–Kier alpha value is -0.540. The Morgan fingerprint density at radius 1 is 1.33 bits per heavy atom. The lowest BCUT2D eigenvalue weighted by atomic mass is 9.93. The zero-order chi connectivity index (χ0) is 11.8. The van der Waals surface area contributed by atoms with Crippen LogP contribution in [0.15, 0.2) is 10.5 Å². The van der Waals surface area contributed by atoms with Crippen molar-refractivity contribution in [2.75, 3.05) is 7.11 Å². The van der Waals surface area contributed by atoms with Crippen molar-refractivity contribution in [3.63, 3.8) is 0 Å². The zero-order valence-corrected chi connectivity index (χ0v) is 11.4. The molecule has 3 heteroatoms. The first-order valence-electron chi connectivity index (χ1n) is 4.85. The number of benzene rings is 1. The molecular weight excluding hydrogens is 256 g/mol. The van der Waals surface area contributed by atoms with Crippen LogP contribution in [0.2, 0.25) is 0 Å². The number of hydrogen-bond acceptors (Lipinski definition) is 2. The largest absolute Gasteiger partial charge is 0.495 e. The van der Waals surface area contributed by atoms with Gasteiger partial charge in [-0.25, -0.2) is 0 Å². The summed E-state index contributed by atoms with van der Waals surface area (Å²) in [7, 11) is 1.62. The summed E-state index contributed by atoms with van der Waals surface area (Å²) < 4.78 is 6.25. The summed E-state index contributed by atoms with van der Waals surface area (Å²) in [6.07, 6.45) is 0. The molecule has 0 aromatic heterocycles. The Kier molecular flexibility index (Phi) is 3.46. The van der Waals surface area contributed by atoms with E-state index in [1.54, 1.807) is 21.0 Å². The third-order valence-corrected chi connectivity index (χ3v) is 3.54. The average molecular weight is 273 g/mol. The number of rotatable bonds is 2. The molecule has 2 nitrogen and oxygen atoms in total. The van der Waals surface area contributed by atoms with Crippen LogP contribution in [-0.2, 0) is 5.60 Å². The summed E-state index contributed by atoms with van der Waals surface area (Å²) in [4.78, 5) is 0. The Bertz CT molecular complexity index is 378. The van der Waals surface area contributed by atoms with Gasteiger partial charge in [-0.1, -0.05) is 0 Å². The first-order valence-corrected chi connectivity index (χ1v) is 5.65. The van der Waals surface area contributed by atoms with E-state index in [9.17, 15) is 5.11 Å². The van der Waals surface area contributed by atoms with Gasteiger partial charge >= 0.3 is 0 Å². The van der Waals surface area contributed by atoms with Crippen molar-refractivity contribution in [1.82, 2.24) is 0 Å². The van der Waals surface area contributed by atoms with Crippen LogP contribution in [0.5, 0.6) is 5.75 Å². The monoisotopic (exact) mass is 272 g/mol. The van der Waals surface area contributed by atoms with Crippen molar-refractivity contribution in [3.05, 3.63) is 27.2 Å². The Morgan fingerprint density at radius 2 is 1.87 bits per heavy atom. The maximum atomic E-state index is 10.0. The van der Waals surface area contributed by atoms with Gasteiger partial charge in [-0.15, -0.1) is 0 Å². The van der Waals surface area contributed by atoms with Crippen LogP contribution in [0.1, 0.15) is 30.5 Å². The summed E-state index contributed by atoms with van der Waals surface area (Å²) in [5, 5.41) is 10.0. The predicted molar refractivity (Wildman–Crippen MR) is 65.4 cm³/mol. The molecule has 1 aromatic rings. The summed E-state index contributed by atoms with van der Waals surface area (Å²) >= 11 is 3.50. The number of ether oxygens (including phenoxy) is 1. The van der Waals surface area contributed by atoms with E-state index in [-0.39, 0.29) is 0 Å². The second-order valence-corrected chi connectivity index (χ2v) is 5.07. The summed E-state index contributed by atoms with van der Waals surface area (Å²) in [6.45, 7) is 7.56. The van der Waals surface area contributed by atoms with Gasteiger partial charge in [0.1, 0.15) is 5.75 Å².